The number of primary amides is 1. The maximum atomic E-state index is 11.1. The molecule has 2 aromatic rings. The van der Waals surface area contributed by atoms with E-state index in [9.17, 15) is 4.79 Å². The van der Waals surface area contributed by atoms with Crippen LogP contribution in [0.2, 0.25) is 0 Å². The summed E-state index contributed by atoms with van der Waals surface area (Å²) in [5.41, 5.74) is 8.38. The third-order valence-electron chi connectivity index (χ3n) is 5.31. The van der Waals surface area contributed by atoms with Crippen molar-refractivity contribution in [3.05, 3.63) is 53.2 Å². The van der Waals surface area contributed by atoms with Crippen LogP contribution in [0, 0.1) is 0 Å². The number of ether oxygens (including phenoxy) is 1. The van der Waals surface area contributed by atoms with Crippen LogP contribution in [0.25, 0.3) is 0 Å². The van der Waals surface area contributed by atoms with Gasteiger partial charge in [-0.3, -0.25) is 9.69 Å². The van der Waals surface area contributed by atoms with Gasteiger partial charge in [0.1, 0.15) is 5.75 Å². The van der Waals surface area contributed by atoms with E-state index in [4.69, 9.17) is 10.5 Å². The summed E-state index contributed by atoms with van der Waals surface area (Å²) in [6.45, 7) is 5.64. The van der Waals surface area contributed by atoms with E-state index in [-0.39, 0.29) is 0 Å². The lowest BCUT2D eigenvalue weighted by molar-refractivity contribution is 0.1000. The summed E-state index contributed by atoms with van der Waals surface area (Å²) in [6, 6.07) is 9.62. The molecular formula is C23H31N3O2. The van der Waals surface area contributed by atoms with Crippen LogP contribution in [-0.2, 0) is 13.0 Å². The number of rotatable bonds is 9. The van der Waals surface area contributed by atoms with Crippen molar-refractivity contribution in [2.45, 2.75) is 58.4 Å². The van der Waals surface area contributed by atoms with Crippen molar-refractivity contribution in [2.75, 3.05) is 13.1 Å². The van der Waals surface area contributed by atoms with Crippen LogP contribution >= 0.6 is 0 Å². The van der Waals surface area contributed by atoms with Gasteiger partial charge in [-0.25, -0.2) is 4.98 Å². The Hall–Kier alpha value is -2.40. The second-order valence-electron chi connectivity index (χ2n) is 7.58. The lowest BCUT2D eigenvalue weighted by Gasteiger charge is -2.20. The van der Waals surface area contributed by atoms with Crippen molar-refractivity contribution >= 4 is 5.91 Å². The van der Waals surface area contributed by atoms with Gasteiger partial charge in [-0.05, 0) is 61.7 Å². The maximum absolute atomic E-state index is 11.1. The minimum absolute atomic E-state index is 0.379. The van der Waals surface area contributed by atoms with E-state index in [1.54, 1.807) is 12.1 Å². The number of nitrogens with two attached hydrogens (primary N) is 1. The Balaban J connectivity index is 1.58. The van der Waals surface area contributed by atoms with Crippen LogP contribution in [0.3, 0.4) is 0 Å². The molecule has 0 bridgehead atoms. The van der Waals surface area contributed by atoms with Gasteiger partial charge in [0.2, 0.25) is 11.8 Å². The number of carbonyl (C=O) groups excluding carboxylic acids is 1. The predicted molar refractivity (Wildman–Crippen MR) is 112 cm³/mol. The van der Waals surface area contributed by atoms with E-state index in [1.807, 2.05) is 6.07 Å². The van der Waals surface area contributed by atoms with Gasteiger partial charge in [0.25, 0.3) is 0 Å². The van der Waals surface area contributed by atoms with Crippen molar-refractivity contribution in [2.24, 2.45) is 5.73 Å². The van der Waals surface area contributed by atoms with Gasteiger partial charge in [0.15, 0.2) is 0 Å². The topological polar surface area (TPSA) is 68.5 Å². The summed E-state index contributed by atoms with van der Waals surface area (Å²) in [5, 5.41) is 0. The lowest BCUT2D eigenvalue weighted by atomic mass is 10.0. The Morgan fingerprint density at radius 1 is 1.14 bits per heavy atom. The maximum Gasteiger partial charge on any atom is 0.250 e. The van der Waals surface area contributed by atoms with Gasteiger partial charge in [-0.15, -0.1) is 0 Å². The van der Waals surface area contributed by atoms with Crippen molar-refractivity contribution in [1.29, 1.82) is 0 Å². The predicted octanol–water partition coefficient (Wildman–Crippen LogP) is 4.69. The zero-order valence-corrected chi connectivity index (χ0v) is 16.8. The highest BCUT2D eigenvalue weighted by atomic mass is 16.5. The number of amides is 1. The molecule has 5 nitrogen and oxygen atoms in total. The van der Waals surface area contributed by atoms with Crippen LogP contribution in [0.15, 0.2) is 36.5 Å². The smallest absolute Gasteiger partial charge is 0.250 e. The standard InChI is InChI=1S/C23H31N3O2/c1-2-3-4-5-6-13-26-14-7-8-18-15-21(11-9-20(18)17-26)28-22-12-10-19(16-25-22)23(24)27/h9-12,15-16H,2-8,13-14,17H2,1H3,(H2,24,27). The summed E-state index contributed by atoms with van der Waals surface area (Å²) in [7, 11) is 0. The van der Waals surface area contributed by atoms with E-state index < -0.39 is 5.91 Å². The Morgan fingerprint density at radius 3 is 2.75 bits per heavy atom. The fourth-order valence-electron chi connectivity index (χ4n) is 3.70. The molecule has 0 radical (unpaired) electrons. The van der Waals surface area contributed by atoms with E-state index >= 15 is 0 Å². The normalized spacial score (nSPS) is 14.3. The molecule has 0 saturated heterocycles. The molecule has 150 valence electrons. The van der Waals surface area contributed by atoms with E-state index in [0.717, 1.165) is 25.3 Å². The monoisotopic (exact) mass is 381 g/mol. The Kier molecular flexibility index (Phi) is 7.43. The van der Waals surface area contributed by atoms with Crippen LogP contribution in [-0.4, -0.2) is 28.9 Å². The molecule has 1 aromatic heterocycles. The second kappa shape index (κ2) is 10.2. The molecule has 0 spiro atoms. The molecule has 1 aromatic carbocycles. The molecule has 2 N–H and O–H groups in total. The summed E-state index contributed by atoms with van der Waals surface area (Å²) < 4.78 is 5.87. The highest BCUT2D eigenvalue weighted by Gasteiger charge is 2.15. The van der Waals surface area contributed by atoms with E-state index in [2.05, 4.69) is 28.9 Å². The first kappa shape index (κ1) is 20.3. The summed E-state index contributed by atoms with van der Waals surface area (Å²) in [4.78, 5) is 17.9. The number of nitrogens with zero attached hydrogens (tertiary/aromatic N) is 2. The fraction of sp³-hybridized carbons (Fsp3) is 0.478. The zero-order chi connectivity index (χ0) is 19.8. The lowest BCUT2D eigenvalue weighted by Crippen LogP contribution is -2.24. The van der Waals surface area contributed by atoms with Gasteiger partial charge >= 0.3 is 0 Å². The molecule has 5 heteroatoms. The SMILES string of the molecule is CCCCCCCN1CCCc2cc(Oc3ccc(C(N)=O)cn3)ccc2C1. The minimum atomic E-state index is -0.487. The molecule has 0 saturated carbocycles. The quantitative estimate of drug-likeness (QED) is 0.640. The first-order valence-corrected chi connectivity index (χ1v) is 10.4. The molecule has 0 aliphatic carbocycles. The van der Waals surface area contributed by atoms with Gasteiger partial charge in [-0.2, -0.15) is 0 Å². The van der Waals surface area contributed by atoms with Crippen LogP contribution in [0.4, 0.5) is 0 Å². The summed E-state index contributed by atoms with van der Waals surface area (Å²) in [5.74, 6) is 0.761. The Labute approximate surface area is 167 Å². The fourth-order valence-corrected chi connectivity index (χ4v) is 3.70. The van der Waals surface area contributed by atoms with Gasteiger partial charge in [0.05, 0.1) is 5.56 Å². The Morgan fingerprint density at radius 2 is 2.00 bits per heavy atom. The number of pyridine rings is 1. The van der Waals surface area contributed by atoms with Gasteiger partial charge in [0, 0.05) is 18.8 Å². The van der Waals surface area contributed by atoms with E-state index in [0.29, 0.717) is 11.4 Å². The number of hydrogen-bond acceptors (Lipinski definition) is 4. The first-order chi connectivity index (χ1) is 13.7. The highest BCUT2D eigenvalue weighted by molar-refractivity contribution is 5.92. The largest absolute Gasteiger partial charge is 0.439 e. The van der Waals surface area contributed by atoms with Gasteiger partial charge < -0.3 is 10.5 Å². The van der Waals surface area contributed by atoms with Crippen LogP contribution in [0.1, 0.15) is 66.9 Å². The molecule has 0 fully saturated rings. The summed E-state index contributed by atoms with van der Waals surface area (Å²) in [6.07, 6.45) is 10.3. The number of hydrogen-bond donors (Lipinski definition) is 1. The van der Waals surface area contributed by atoms with Crippen molar-refractivity contribution < 1.29 is 9.53 Å². The molecular weight excluding hydrogens is 350 g/mol. The third kappa shape index (κ3) is 5.80. The van der Waals surface area contributed by atoms with Gasteiger partial charge in [-0.1, -0.05) is 38.7 Å². The molecule has 2 heterocycles. The summed E-state index contributed by atoms with van der Waals surface area (Å²) >= 11 is 0. The number of unbranched alkanes of at least 4 members (excludes halogenated alkanes) is 4. The van der Waals surface area contributed by atoms with Crippen LogP contribution in [0.5, 0.6) is 11.6 Å². The Bertz CT molecular complexity index is 774. The number of aromatic nitrogens is 1. The molecule has 1 amide bonds. The number of carbonyl (C=O) groups is 1. The number of benzene rings is 1. The molecule has 28 heavy (non-hydrogen) atoms. The molecule has 3 rings (SSSR count). The van der Waals surface area contributed by atoms with Crippen molar-refractivity contribution in [1.82, 2.24) is 9.88 Å². The average molecular weight is 382 g/mol. The number of fused-ring (bicyclic) bond motifs is 1. The third-order valence-corrected chi connectivity index (χ3v) is 5.31. The zero-order valence-electron chi connectivity index (χ0n) is 16.8. The van der Waals surface area contributed by atoms with E-state index in [1.165, 1.54) is 62.4 Å². The highest BCUT2D eigenvalue weighted by Crippen LogP contribution is 2.26. The second-order valence-corrected chi connectivity index (χ2v) is 7.58. The molecule has 0 atom stereocenters. The molecule has 1 aliphatic heterocycles. The van der Waals surface area contributed by atoms with Crippen LogP contribution < -0.4 is 10.5 Å². The average Bonchev–Trinajstić information content (AvgIpc) is 2.90. The first-order valence-electron chi connectivity index (χ1n) is 10.4. The molecule has 0 unspecified atom stereocenters. The van der Waals surface area contributed by atoms with Crippen molar-refractivity contribution in [3.8, 4) is 11.6 Å². The van der Waals surface area contributed by atoms with Crippen molar-refractivity contribution in [3.63, 3.8) is 0 Å². The number of aryl methyl sites for hydroxylation is 1. The minimum Gasteiger partial charge on any atom is -0.439 e. The molecule has 1 aliphatic rings.